The van der Waals surface area contributed by atoms with Crippen molar-refractivity contribution in [3.63, 3.8) is 0 Å². The van der Waals surface area contributed by atoms with Gasteiger partial charge in [0, 0.05) is 19.1 Å². The molecule has 1 aromatic heterocycles. The van der Waals surface area contributed by atoms with Crippen molar-refractivity contribution in [2.75, 3.05) is 13.1 Å². The Hall–Kier alpha value is -1.58. The van der Waals surface area contributed by atoms with Crippen LogP contribution in [0.3, 0.4) is 0 Å². The Morgan fingerprint density at radius 1 is 1.05 bits per heavy atom. The number of rotatable bonds is 3. The van der Waals surface area contributed by atoms with Crippen molar-refractivity contribution in [1.82, 2.24) is 4.90 Å². The van der Waals surface area contributed by atoms with Crippen LogP contribution in [0, 0.1) is 0 Å². The van der Waals surface area contributed by atoms with Gasteiger partial charge >= 0.3 is 0 Å². The fourth-order valence-electron chi connectivity index (χ4n) is 3.19. The van der Waals surface area contributed by atoms with Crippen LogP contribution in [-0.4, -0.2) is 24.0 Å². The summed E-state index contributed by atoms with van der Waals surface area (Å²) in [5.74, 6) is 0.978. The van der Waals surface area contributed by atoms with Crippen LogP contribution in [0.2, 0.25) is 0 Å². The van der Waals surface area contributed by atoms with Crippen molar-refractivity contribution < 1.29 is 4.42 Å². The molecule has 0 bridgehead atoms. The van der Waals surface area contributed by atoms with Gasteiger partial charge in [0.15, 0.2) is 0 Å². The fourth-order valence-corrected chi connectivity index (χ4v) is 3.19. The monoisotopic (exact) mass is 270 g/mol. The van der Waals surface area contributed by atoms with Gasteiger partial charge in [0.05, 0.1) is 12.3 Å². The van der Waals surface area contributed by atoms with Crippen molar-refractivity contribution in [3.05, 3.63) is 59.5 Å². The standard InChI is InChI=1S/C17H22N2O/c1-13(18)17(16-7-4-12-20-16)19-10-8-14-5-2-3-6-15(14)9-11-19/h2-7,12-13,17H,8-11,18H2,1H3. The zero-order valence-corrected chi connectivity index (χ0v) is 12.0. The molecule has 0 saturated carbocycles. The molecule has 0 radical (unpaired) electrons. The number of nitrogens with zero attached hydrogens (tertiary/aromatic N) is 1. The summed E-state index contributed by atoms with van der Waals surface area (Å²) in [6.45, 7) is 4.12. The van der Waals surface area contributed by atoms with Crippen LogP contribution in [0.4, 0.5) is 0 Å². The molecule has 0 spiro atoms. The summed E-state index contributed by atoms with van der Waals surface area (Å²) in [6, 6.07) is 12.9. The maximum absolute atomic E-state index is 6.21. The van der Waals surface area contributed by atoms with E-state index in [4.69, 9.17) is 10.2 Å². The minimum absolute atomic E-state index is 0.0577. The molecular weight excluding hydrogens is 248 g/mol. The first kappa shape index (κ1) is 13.4. The highest BCUT2D eigenvalue weighted by Crippen LogP contribution is 2.27. The van der Waals surface area contributed by atoms with E-state index in [2.05, 4.69) is 36.1 Å². The van der Waals surface area contributed by atoms with E-state index < -0.39 is 0 Å². The van der Waals surface area contributed by atoms with Gasteiger partial charge in [-0.25, -0.2) is 0 Å². The number of hydrogen-bond donors (Lipinski definition) is 1. The van der Waals surface area contributed by atoms with Crippen molar-refractivity contribution in [1.29, 1.82) is 0 Å². The van der Waals surface area contributed by atoms with Gasteiger partial charge in [-0.05, 0) is 43.0 Å². The molecule has 2 atom stereocenters. The quantitative estimate of drug-likeness (QED) is 0.932. The molecule has 2 unspecified atom stereocenters. The molecular formula is C17H22N2O. The molecule has 20 heavy (non-hydrogen) atoms. The fraction of sp³-hybridized carbons (Fsp3) is 0.412. The van der Waals surface area contributed by atoms with Crippen LogP contribution in [0.15, 0.2) is 47.1 Å². The third-order valence-corrected chi connectivity index (χ3v) is 4.18. The van der Waals surface area contributed by atoms with Crippen molar-refractivity contribution in [2.24, 2.45) is 5.73 Å². The van der Waals surface area contributed by atoms with E-state index in [1.807, 2.05) is 12.1 Å². The molecule has 106 valence electrons. The molecule has 3 nitrogen and oxygen atoms in total. The highest BCUT2D eigenvalue weighted by Gasteiger charge is 2.27. The van der Waals surface area contributed by atoms with Gasteiger partial charge in [-0.1, -0.05) is 24.3 Å². The maximum atomic E-state index is 6.21. The van der Waals surface area contributed by atoms with Crippen LogP contribution in [0.1, 0.15) is 29.9 Å². The molecule has 0 amide bonds. The topological polar surface area (TPSA) is 42.4 Å². The SMILES string of the molecule is CC(N)C(c1ccco1)N1CCc2ccccc2CC1. The van der Waals surface area contributed by atoms with E-state index in [0.717, 1.165) is 31.7 Å². The van der Waals surface area contributed by atoms with Crippen molar-refractivity contribution in [3.8, 4) is 0 Å². The minimum atomic E-state index is 0.0577. The van der Waals surface area contributed by atoms with Crippen LogP contribution in [0.5, 0.6) is 0 Å². The number of benzene rings is 1. The van der Waals surface area contributed by atoms with Crippen LogP contribution < -0.4 is 5.73 Å². The first-order chi connectivity index (χ1) is 9.75. The van der Waals surface area contributed by atoms with E-state index >= 15 is 0 Å². The van der Waals surface area contributed by atoms with Gasteiger partial charge in [-0.2, -0.15) is 0 Å². The van der Waals surface area contributed by atoms with E-state index in [9.17, 15) is 0 Å². The van der Waals surface area contributed by atoms with Crippen LogP contribution in [0.25, 0.3) is 0 Å². The summed E-state index contributed by atoms with van der Waals surface area (Å²) in [4.78, 5) is 2.46. The van der Waals surface area contributed by atoms with Crippen LogP contribution >= 0.6 is 0 Å². The maximum Gasteiger partial charge on any atom is 0.122 e. The average molecular weight is 270 g/mol. The molecule has 3 heteroatoms. The second-order valence-corrected chi connectivity index (χ2v) is 5.62. The van der Waals surface area contributed by atoms with E-state index in [1.54, 1.807) is 6.26 Å². The summed E-state index contributed by atoms with van der Waals surface area (Å²) < 4.78 is 5.61. The van der Waals surface area contributed by atoms with Crippen molar-refractivity contribution >= 4 is 0 Å². The predicted octanol–water partition coefficient (Wildman–Crippen LogP) is 2.77. The Bertz CT molecular complexity index is 521. The molecule has 1 aliphatic rings. The number of hydrogen-bond acceptors (Lipinski definition) is 3. The van der Waals surface area contributed by atoms with Crippen LogP contribution in [-0.2, 0) is 12.8 Å². The van der Waals surface area contributed by atoms with E-state index in [-0.39, 0.29) is 12.1 Å². The molecule has 1 aliphatic heterocycles. The Labute approximate surface area is 120 Å². The molecule has 0 saturated heterocycles. The lowest BCUT2D eigenvalue weighted by atomic mass is 10.0. The van der Waals surface area contributed by atoms with Crippen molar-refractivity contribution in [2.45, 2.75) is 31.8 Å². The first-order valence-corrected chi connectivity index (χ1v) is 7.35. The van der Waals surface area contributed by atoms with Gasteiger partial charge < -0.3 is 10.2 Å². The Morgan fingerprint density at radius 3 is 2.20 bits per heavy atom. The Kier molecular flexibility index (Phi) is 3.90. The lowest BCUT2D eigenvalue weighted by Crippen LogP contribution is -2.40. The molecule has 3 rings (SSSR count). The van der Waals surface area contributed by atoms with E-state index in [0.29, 0.717) is 0 Å². The van der Waals surface area contributed by atoms with Gasteiger partial charge in [0.25, 0.3) is 0 Å². The lowest BCUT2D eigenvalue weighted by Gasteiger charge is -2.31. The Morgan fingerprint density at radius 2 is 1.70 bits per heavy atom. The summed E-state index contributed by atoms with van der Waals surface area (Å²) in [5.41, 5.74) is 9.15. The number of fused-ring (bicyclic) bond motifs is 1. The van der Waals surface area contributed by atoms with Gasteiger partial charge in [0.2, 0.25) is 0 Å². The van der Waals surface area contributed by atoms with Gasteiger partial charge in [-0.3, -0.25) is 4.90 Å². The molecule has 2 aromatic rings. The molecule has 1 aromatic carbocycles. The summed E-state index contributed by atoms with van der Waals surface area (Å²) >= 11 is 0. The van der Waals surface area contributed by atoms with Gasteiger partial charge in [-0.15, -0.1) is 0 Å². The normalized spacial score (nSPS) is 19.1. The smallest absolute Gasteiger partial charge is 0.122 e. The lowest BCUT2D eigenvalue weighted by molar-refractivity contribution is 0.162. The first-order valence-electron chi connectivity index (χ1n) is 7.35. The zero-order chi connectivity index (χ0) is 13.9. The molecule has 2 heterocycles. The largest absolute Gasteiger partial charge is 0.468 e. The van der Waals surface area contributed by atoms with E-state index in [1.165, 1.54) is 11.1 Å². The molecule has 0 fully saturated rings. The van der Waals surface area contributed by atoms with Gasteiger partial charge in [0.1, 0.15) is 5.76 Å². The summed E-state index contributed by atoms with van der Waals surface area (Å²) in [7, 11) is 0. The number of furan rings is 1. The average Bonchev–Trinajstić information content (AvgIpc) is 2.87. The number of nitrogens with two attached hydrogens (primary N) is 1. The molecule has 2 N–H and O–H groups in total. The Balaban J connectivity index is 1.81. The highest BCUT2D eigenvalue weighted by molar-refractivity contribution is 5.29. The second kappa shape index (κ2) is 5.81. The highest BCUT2D eigenvalue weighted by atomic mass is 16.3. The zero-order valence-electron chi connectivity index (χ0n) is 12.0. The molecule has 0 aliphatic carbocycles. The minimum Gasteiger partial charge on any atom is -0.468 e. The second-order valence-electron chi connectivity index (χ2n) is 5.62. The third kappa shape index (κ3) is 2.65. The third-order valence-electron chi connectivity index (χ3n) is 4.18. The predicted molar refractivity (Wildman–Crippen MR) is 80.5 cm³/mol. The summed E-state index contributed by atoms with van der Waals surface area (Å²) in [5, 5.41) is 0. The summed E-state index contributed by atoms with van der Waals surface area (Å²) in [6.07, 6.45) is 3.90.